The van der Waals surface area contributed by atoms with E-state index in [0.29, 0.717) is 16.9 Å². The number of rotatable bonds is 8. The van der Waals surface area contributed by atoms with Crippen LogP contribution in [-0.2, 0) is 14.2 Å². The monoisotopic (exact) mass is 608 g/mol. The van der Waals surface area contributed by atoms with Crippen molar-refractivity contribution in [2.45, 2.75) is 81.7 Å². The number of benzene rings is 2. The highest BCUT2D eigenvalue weighted by Crippen LogP contribution is 2.48. The fourth-order valence-electron chi connectivity index (χ4n) is 5.48. The zero-order chi connectivity index (χ0) is 31.2. The second kappa shape index (κ2) is 12.5. The molecule has 7 N–H and O–H groups in total. The van der Waals surface area contributed by atoms with Crippen molar-refractivity contribution in [3.8, 4) is 23.0 Å². The predicted octanol–water partition coefficient (Wildman–Crippen LogP) is -0.634. The lowest BCUT2D eigenvalue weighted by molar-refractivity contribution is -0.290. The van der Waals surface area contributed by atoms with E-state index in [0.717, 1.165) is 0 Å². The van der Waals surface area contributed by atoms with E-state index in [1.165, 1.54) is 14.0 Å². The second-order valence-corrected chi connectivity index (χ2v) is 10.8. The van der Waals surface area contributed by atoms with E-state index >= 15 is 0 Å². The molecular weight excluding hydrogens is 572 g/mol. The van der Waals surface area contributed by atoms with Crippen LogP contribution in [0.3, 0.4) is 0 Å². The number of carbonyl (C=O) groups is 1. The lowest BCUT2D eigenvalue weighted by atomic mass is 9.91. The van der Waals surface area contributed by atoms with Crippen LogP contribution in [0.5, 0.6) is 23.0 Å². The van der Waals surface area contributed by atoms with E-state index in [4.69, 9.17) is 28.4 Å². The molecule has 2 aromatic carbocycles. The number of hydrogen-bond donors (Lipinski definition) is 7. The zero-order valence-corrected chi connectivity index (χ0v) is 23.7. The van der Waals surface area contributed by atoms with Crippen molar-refractivity contribution in [1.29, 1.82) is 0 Å². The first kappa shape index (κ1) is 31.4. The quantitative estimate of drug-likeness (QED) is 0.199. The smallest absolute Gasteiger partial charge is 0.229 e. The fourth-order valence-corrected chi connectivity index (χ4v) is 5.48. The van der Waals surface area contributed by atoms with Crippen LogP contribution in [0.2, 0.25) is 0 Å². The molecule has 3 aliphatic rings. The molecule has 14 heteroatoms. The van der Waals surface area contributed by atoms with Crippen LogP contribution in [0, 0.1) is 13.8 Å². The van der Waals surface area contributed by atoms with Gasteiger partial charge in [0.1, 0.15) is 77.4 Å². The van der Waals surface area contributed by atoms with Gasteiger partial charge in [0.25, 0.3) is 0 Å². The summed E-state index contributed by atoms with van der Waals surface area (Å²) in [4.78, 5) is 13.2. The summed E-state index contributed by atoms with van der Waals surface area (Å²) in [6.07, 6.45) is -14.0. The van der Waals surface area contributed by atoms with Crippen molar-refractivity contribution < 1.29 is 69.0 Å². The van der Waals surface area contributed by atoms with Gasteiger partial charge in [-0.1, -0.05) is 12.1 Å². The first-order valence-corrected chi connectivity index (χ1v) is 13.8. The Labute approximate surface area is 246 Å². The van der Waals surface area contributed by atoms with Crippen LogP contribution in [0.4, 0.5) is 0 Å². The van der Waals surface area contributed by atoms with Crippen molar-refractivity contribution in [2.24, 2.45) is 0 Å². The number of carbonyl (C=O) groups excluding carboxylic acids is 1. The van der Waals surface area contributed by atoms with Gasteiger partial charge in [-0.2, -0.15) is 0 Å². The Bertz CT molecular complexity index is 1320. The number of aromatic hydroxyl groups is 1. The van der Waals surface area contributed by atoms with Gasteiger partial charge in [0, 0.05) is 11.1 Å². The van der Waals surface area contributed by atoms with Gasteiger partial charge in [0.05, 0.1) is 26.7 Å². The molecule has 0 saturated carbocycles. The van der Waals surface area contributed by atoms with E-state index < -0.39 is 74.6 Å². The maximum Gasteiger partial charge on any atom is 0.229 e. The Morgan fingerprint density at radius 3 is 2.12 bits per heavy atom. The van der Waals surface area contributed by atoms with Gasteiger partial charge < -0.3 is 64.2 Å². The van der Waals surface area contributed by atoms with E-state index in [-0.39, 0.29) is 40.6 Å². The number of methoxy groups -OCH3 is 1. The van der Waals surface area contributed by atoms with Crippen molar-refractivity contribution in [2.75, 3.05) is 20.3 Å². The van der Waals surface area contributed by atoms with Crippen LogP contribution in [0.1, 0.15) is 39.6 Å². The summed E-state index contributed by atoms with van der Waals surface area (Å²) in [6.45, 7) is 2.08. The number of aliphatic hydroxyl groups excluding tert-OH is 6. The van der Waals surface area contributed by atoms with Gasteiger partial charge in [-0.05, 0) is 31.5 Å². The molecule has 2 aromatic rings. The summed E-state index contributed by atoms with van der Waals surface area (Å²) in [5.41, 5.74) is 1.19. The van der Waals surface area contributed by atoms with Gasteiger partial charge in [-0.25, -0.2) is 0 Å². The summed E-state index contributed by atoms with van der Waals surface area (Å²) >= 11 is 0. The van der Waals surface area contributed by atoms with E-state index in [1.807, 2.05) is 0 Å². The van der Waals surface area contributed by atoms with Gasteiger partial charge in [0.15, 0.2) is 12.1 Å². The lowest BCUT2D eigenvalue weighted by Gasteiger charge is -2.41. The molecule has 3 heterocycles. The molecule has 0 aliphatic carbocycles. The predicted molar refractivity (Wildman–Crippen MR) is 144 cm³/mol. The summed E-state index contributed by atoms with van der Waals surface area (Å²) in [5, 5.41) is 72.1. The third-order valence-electron chi connectivity index (χ3n) is 8.06. The Hall–Kier alpha value is -3.05. The average Bonchev–Trinajstić information content (AvgIpc) is 3.29. The molecule has 0 aromatic heterocycles. The average molecular weight is 609 g/mol. The molecule has 10 atom stereocenters. The molecule has 0 spiro atoms. The minimum atomic E-state index is -1.75. The highest BCUT2D eigenvalue weighted by molar-refractivity contribution is 6.03. The zero-order valence-electron chi connectivity index (χ0n) is 23.7. The van der Waals surface area contributed by atoms with Crippen molar-refractivity contribution in [1.82, 2.24) is 0 Å². The summed E-state index contributed by atoms with van der Waals surface area (Å²) in [6, 6.07) is 7.01. The van der Waals surface area contributed by atoms with E-state index in [2.05, 4.69) is 0 Å². The molecule has 5 rings (SSSR count). The number of aliphatic hydroxyl groups is 6. The van der Waals surface area contributed by atoms with Gasteiger partial charge >= 0.3 is 0 Å². The lowest BCUT2D eigenvalue weighted by Crippen LogP contribution is -2.60. The van der Waals surface area contributed by atoms with Crippen LogP contribution >= 0.6 is 0 Å². The Kier molecular flexibility index (Phi) is 9.13. The fraction of sp³-hybridized carbons (Fsp3) is 0.552. The summed E-state index contributed by atoms with van der Waals surface area (Å²) in [7, 11) is 1.54. The number of Topliss-reactive ketones (excluding diaryl/α,β-unsaturated/α-hetero) is 1. The number of hydrogen-bond acceptors (Lipinski definition) is 14. The van der Waals surface area contributed by atoms with Gasteiger partial charge in [-0.15, -0.1) is 0 Å². The summed E-state index contributed by atoms with van der Waals surface area (Å²) < 4.78 is 33.8. The molecule has 43 heavy (non-hydrogen) atoms. The minimum Gasteiger partial charge on any atom is -0.507 e. The third kappa shape index (κ3) is 5.78. The first-order chi connectivity index (χ1) is 20.5. The van der Waals surface area contributed by atoms with Crippen LogP contribution in [-0.4, -0.2) is 117 Å². The molecule has 14 nitrogen and oxygen atoms in total. The number of ketones is 1. The molecule has 0 unspecified atom stereocenters. The van der Waals surface area contributed by atoms with Crippen molar-refractivity contribution in [3.05, 3.63) is 46.5 Å². The van der Waals surface area contributed by atoms with Crippen LogP contribution < -0.4 is 14.2 Å². The molecule has 0 bridgehead atoms. The molecule has 0 amide bonds. The minimum absolute atomic E-state index is 0.00236. The maximum absolute atomic E-state index is 13.2. The Balaban J connectivity index is 1.37. The standard InChI is InChI=1S/C29H36O14/c1-11-20(32)19-15(31)8-16(13-4-6-14(38-3)7-5-13)40-27(19)12(2)26(11)43-29-25(37)23(35)22(34)18(42-29)10-39-28-24(36)21(33)17(9-30)41-28/h4-7,16-18,21-25,28-30,32-37H,8-10H2,1-3H3/t16-,17-,18+,21-,22+,23-,24+,25+,28+,29-/m0/s1. The first-order valence-electron chi connectivity index (χ1n) is 13.8. The molecule has 2 saturated heterocycles. The number of ether oxygens (including phenoxy) is 6. The summed E-state index contributed by atoms with van der Waals surface area (Å²) in [5.74, 6) is 0.0312. The SMILES string of the molecule is COc1ccc([C@@H]2CC(=O)c3c(O)c(C)c(O[C@@H]4O[C@H](CO[C@@H]5O[C@@H](CO)[C@H](O)[C@H]5O)[C@@H](O)[C@H](O)[C@H]4O)c(C)c3O2)cc1. The largest absolute Gasteiger partial charge is 0.507 e. The maximum atomic E-state index is 13.2. The van der Waals surface area contributed by atoms with E-state index in [9.17, 15) is 40.5 Å². The number of phenols is 1. The number of fused-ring (bicyclic) bond motifs is 1. The molecular formula is C29H36O14. The van der Waals surface area contributed by atoms with Crippen molar-refractivity contribution >= 4 is 5.78 Å². The van der Waals surface area contributed by atoms with Gasteiger partial charge in [0.2, 0.25) is 6.29 Å². The number of phenolic OH excluding ortho intramolecular Hbond substituents is 1. The van der Waals surface area contributed by atoms with E-state index in [1.54, 1.807) is 31.2 Å². The van der Waals surface area contributed by atoms with Crippen molar-refractivity contribution in [3.63, 3.8) is 0 Å². The Morgan fingerprint density at radius 2 is 1.49 bits per heavy atom. The molecule has 236 valence electrons. The highest BCUT2D eigenvalue weighted by Gasteiger charge is 2.48. The van der Waals surface area contributed by atoms with Gasteiger partial charge in [-0.3, -0.25) is 4.79 Å². The topological polar surface area (TPSA) is 214 Å². The molecule has 3 aliphatic heterocycles. The normalized spacial score (nSPS) is 34.0. The Morgan fingerprint density at radius 1 is 0.860 bits per heavy atom. The molecule has 0 radical (unpaired) electrons. The second-order valence-electron chi connectivity index (χ2n) is 10.8. The molecule has 2 fully saturated rings. The highest BCUT2D eigenvalue weighted by atomic mass is 16.7. The third-order valence-corrected chi connectivity index (χ3v) is 8.06. The van der Waals surface area contributed by atoms with Crippen LogP contribution in [0.25, 0.3) is 0 Å². The van der Waals surface area contributed by atoms with Crippen LogP contribution in [0.15, 0.2) is 24.3 Å².